The zero-order valence-electron chi connectivity index (χ0n) is 14.2. The fraction of sp³-hybridized carbons (Fsp3) is 0.722. The minimum absolute atomic E-state index is 0.576. The molecular weight excluding hydrogens is 258 g/mol. The number of piperidine rings is 1. The molecule has 1 aromatic rings. The van der Waals surface area contributed by atoms with Gasteiger partial charge in [-0.2, -0.15) is 0 Å². The van der Waals surface area contributed by atoms with Crippen molar-refractivity contribution in [2.45, 2.75) is 59.4 Å². The number of anilines is 1. The Bertz CT molecular complexity index is 442. The van der Waals surface area contributed by atoms with Gasteiger partial charge in [-0.15, -0.1) is 0 Å². The summed E-state index contributed by atoms with van der Waals surface area (Å²) in [7, 11) is 2.00. The number of nitrogens with zero attached hydrogens (tertiary/aromatic N) is 2. The number of pyridine rings is 1. The molecule has 0 atom stereocenters. The first-order chi connectivity index (χ1) is 10.2. The van der Waals surface area contributed by atoms with E-state index in [9.17, 15) is 0 Å². The lowest BCUT2D eigenvalue weighted by atomic mass is 9.74. The molecule has 0 spiro atoms. The van der Waals surface area contributed by atoms with E-state index in [1.807, 2.05) is 7.05 Å². The molecule has 1 fully saturated rings. The van der Waals surface area contributed by atoms with Crippen molar-refractivity contribution in [2.24, 2.45) is 5.41 Å². The Morgan fingerprint density at radius 2 is 1.81 bits per heavy atom. The van der Waals surface area contributed by atoms with Crippen LogP contribution in [0.4, 0.5) is 5.82 Å². The fourth-order valence-corrected chi connectivity index (χ4v) is 3.45. The zero-order chi connectivity index (χ0) is 15.3. The number of hydrogen-bond donors (Lipinski definition) is 1. The largest absolute Gasteiger partial charge is 0.357 e. The summed E-state index contributed by atoms with van der Waals surface area (Å²) in [4.78, 5) is 7.34. The van der Waals surface area contributed by atoms with Gasteiger partial charge in [0, 0.05) is 25.3 Å². The van der Waals surface area contributed by atoms with Crippen LogP contribution in [0.15, 0.2) is 12.1 Å². The van der Waals surface area contributed by atoms with Crippen LogP contribution < -0.4 is 10.2 Å². The first-order valence-corrected chi connectivity index (χ1v) is 8.55. The van der Waals surface area contributed by atoms with Crippen LogP contribution >= 0.6 is 0 Å². The van der Waals surface area contributed by atoms with E-state index in [0.717, 1.165) is 26.1 Å². The molecule has 2 rings (SSSR count). The molecule has 3 heteroatoms. The summed E-state index contributed by atoms with van der Waals surface area (Å²) >= 11 is 0. The smallest absolute Gasteiger partial charge is 0.129 e. The summed E-state index contributed by atoms with van der Waals surface area (Å²) < 4.78 is 0. The molecule has 0 aromatic carbocycles. The van der Waals surface area contributed by atoms with Gasteiger partial charge in [0.05, 0.1) is 0 Å². The molecule has 0 aliphatic carbocycles. The van der Waals surface area contributed by atoms with Crippen molar-refractivity contribution in [1.29, 1.82) is 0 Å². The Morgan fingerprint density at radius 3 is 2.33 bits per heavy atom. The van der Waals surface area contributed by atoms with Gasteiger partial charge in [-0.05, 0) is 49.4 Å². The second-order valence-corrected chi connectivity index (χ2v) is 6.40. The summed E-state index contributed by atoms with van der Waals surface area (Å²) in [6.45, 7) is 10.1. The lowest BCUT2D eigenvalue weighted by molar-refractivity contribution is 0.199. The SMILES string of the molecule is CCc1cc(CNC)cc(N2CCC(CC)(CC)CC2)n1. The molecule has 1 saturated heterocycles. The third-order valence-electron chi connectivity index (χ3n) is 5.32. The Balaban J connectivity index is 2.14. The van der Waals surface area contributed by atoms with Crippen molar-refractivity contribution >= 4 is 5.82 Å². The maximum Gasteiger partial charge on any atom is 0.129 e. The summed E-state index contributed by atoms with van der Waals surface area (Å²) in [5.41, 5.74) is 3.13. The highest BCUT2D eigenvalue weighted by Crippen LogP contribution is 2.38. The van der Waals surface area contributed by atoms with E-state index in [2.05, 4.69) is 43.1 Å². The van der Waals surface area contributed by atoms with E-state index < -0.39 is 0 Å². The Labute approximate surface area is 130 Å². The highest BCUT2D eigenvalue weighted by atomic mass is 15.2. The predicted octanol–water partition coefficient (Wildman–Crippen LogP) is 3.77. The lowest BCUT2D eigenvalue weighted by Gasteiger charge is -2.41. The molecule has 1 aromatic heterocycles. The molecule has 0 saturated carbocycles. The number of aromatic nitrogens is 1. The van der Waals surface area contributed by atoms with Crippen LogP contribution in [0.2, 0.25) is 0 Å². The van der Waals surface area contributed by atoms with Crippen molar-refractivity contribution in [3.05, 3.63) is 23.4 Å². The quantitative estimate of drug-likeness (QED) is 0.864. The summed E-state index contributed by atoms with van der Waals surface area (Å²) in [6.07, 6.45) is 6.24. The lowest BCUT2D eigenvalue weighted by Crippen LogP contribution is -2.40. The van der Waals surface area contributed by atoms with Crippen molar-refractivity contribution in [3.63, 3.8) is 0 Å². The highest BCUT2D eigenvalue weighted by molar-refractivity contribution is 5.43. The van der Waals surface area contributed by atoms with Gasteiger partial charge < -0.3 is 10.2 Å². The maximum atomic E-state index is 4.86. The number of aryl methyl sites for hydroxylation is 1. The topological polar surface area (TPSA) is 28.2 Å². The Kier molecular flexibility index (Phi) is 5.63. The van der Waals surface area contributed by atoms with Crippen molar-refractivity contribution < 1.29 is 0 Å². The first kappa shape index (κ1) is 16.3. The molecule has 0 amide bonds. The third kappa shape index (κ3) is 3.76. The number of hydrogen-bond acceptors (Lipinski definition) is 3. The van der Waals surface area contributed by atoms with Gasteiger partial charge in [0.2, 0.25) is 0 Å². The molecule has 0 bridgehead atoms. The average Bonchev–Trinajstić information content (AvgIpc) is 2.55. The molecule has 3 nitrogen and oxygen atoms in total. The van der Waals surface area contributed by atoms with Crippen molar-refractivity contribution in [3.8, 4) is 0 Å². The predicted molar refractivity (Wildman–Crippen MR) is 90.8 cm³/mol. The van der Waals surface area contributed by atoms with E-state index in [0.29, 0.717) is 5.41 Å². The van der Waals surface area contributed by atoms with Crippen LogP contribution in [-0.2, 0) is 13.0 Å². The molecule has 1 aliphatic heterocycles. The van der Waals surface area contributed by atoms with Crippen LogP contribution in [0.5, 0.6) is 0 Å². The van der Waals surface area contributed by atoms with Gasteiger partial charge in [-0.1, -0.05) is 33.6 Å². The Hall–Kier alpha value is -1.09. The van der Waals surface area contributed by atoms with Gasteiger partial charge in [-0.25, -0.2) is 4.98 Å². The van der Waals surface area contributed by atoms with Crippen molar-refractivity contribution in [1.82, 2.24) is 10.3 Å². The monoisotopic (exact) mass is 289 g/mol. The van der Waals surface area contributed by atoms with Crippen LogP contribution in [-0.4, -0.2) is 25.1 Å². The fourth-order valence-electron chi connectivity index (χ4n) is 3.45. The molecular formula is C18H31N3. The highest BCUT2D eigenvalue weighted by Gasteiger charge is 2.31. The van der Waals surface area contributed by atoms with Gasteiger partial charge in [0.15, 0.2) is 0 Å². The van der Waals surface area contributed by atoms with Crippen LogP contribution in [0.1, 0.15) is 57.7 Å². The van der Waals surface area contributed by atoms with E-state index in [1.54, 1.807) is 0 Å². The Morgan fingerprint density at radius 1 is 1.14 bits per heavy atom. The van der Waals surface area contributed by atoms with Crippen LogP contribution in [0.3, 0.4) is 0 Å². The second-order valence-electron chi connectivity index (χ2n) is 6.40. The molecule has 1 N–H and O–H groups in total. The first-order valence-electron chi connectivity index (χ1n) is 8.55. The second kappa shape index (κ2) is 7.26. The summed E-state index contributed by atoms with van der Waals surface area (Å²) in [5.74, 6) is 1.18. The number of nitrogens with one attached hydrogen (secondary N) is 1. The van der Waals surface area contributed by atoms with Gasteiger partial charge >= 0.3 is 0 Å². The standard InChI is InChI=1S/C18H31N3/c1-5-16-12-15(14-19-4)13-17(20-16)21-10-8-18(6-2,7-3)9-11-21/h12-13,19H,5-11,14H2,1-4H3. The molecule has 0 radical (unpaired) electrons. The van der Waals surface area contributed by atoms with E-state index >= 15 is 0 Å². The van der Waals surface area contributed by atoms with E-state index in [-0.39, 0.29) is 0 Å². The molecule has 2 heterocycles. The zero-order valence-corrected chi connectivity index (χ0v) is 14.2. The van der Waals surface area contributed by atoms with Gasteiger partial charge in [0.25, 0.3) is 0 Å². The van der Waals surface area contributed by atoms with E-state index in [1.165, 1.54) is 42.8 Å². The minimum atomic E-state index is 0.576. The maximum absolute atomic E-state index is 4.86. The summed E-state index contributed by atoms with van der Waals surface area (Å²) in [6, 6.07) is 4.49. The normalized spacial score (nSPS) is 18.0. The average molecular weight is 289 g/mol. The van der Waals surface area contributed by atoms with Gasteiger partial charge in [0.1, 0.15) is 5.82 Å². The third-order valence-corrected chi connectivity index (χ3v) is 5.32. The molecule has 118 valence electrons. The molecule has 1 aliphatic rings. The van der Waals surface area contributed by atoms with Gasteiger partial charge in [-0.3, -0.25) is 0 Å². The minimum Gasteiger partial charge on any atom is -0.357 e. The van der Waals surface area contributed by atoms with Crippen LogP contribution in [0, 0.1) is 5.41 Å². The van der Waals surface area contributed by atoms with E-state index in [4.69, 9.17) is 4.98 Å². The van der Waals surface area contributed by atoms with Crippen molar-refractivity contribution in [2.75, 3.05) is 25.0 Å². The molecule has 21 heavy (non-hydrogen) atoms. The van der Waals surface area contributed by atoms with Crippen LogP contribution in [0.25, 0.3) is 0 Å². The molecule has 0 unspecified atom stereocenters. The summed E-state index contributed by atoms with van der Waals surface area (Å²) in [5, 5.41) is 3.25. The number of rotatable bonds is 6.